The molecular formula is C19H28N4O3. The zero-order valence-corrected chi connectivity index (χ0v) is 16.1. The number of ether oxygens (including phenoxy) is 1. The van der Waals surface area contributed by atoms with Gasteiger partial charge in [-0.1, -0.05) is 20.8 Å². The number of cyclic esters (lactones) is 1. The first-order chi connectivity index (χ1) is 12.3. The lowest BCUT2D eigenvalue weighted by Crippen LogP contribution is -2.44. The maximum Gasteiger partial charge on any atom is 0.415 e. The maximum atomic E-state index is 12.4. The zero-order chi connectivity index (χ0) is 18.9. The molecular weight excluding hydrogens is 332 g/mol. The highest BCUT2D eigenvalue weighted by Gasteiger charge is 2.34. The number of likely N-dealkylation sites (tertiary alicyclic amines) is 1. The molecule has 0 aliphatic carbocycles. The summed E-state index contributed by atoms with van der Waals surface area (Å²) in [5.41, 5.74) is 0.497. The molecule has 1 unspecified atom stereocenters. The van der Waals surface area contributed by atoms with Crippen LogP contribution in [0.2, 0.25) is 0 Å². The fourth-order valence-electron chi connectivity index (χ4n) is 3.59. The summed E-state index contributed by atoms with van der Waals surface area (Å²) >= 11 is 0. The minimum atomic E-state index is -0.357. The molecule has 3 heterocycles. The van der Waals surface area contributed by atoms with Crippen molar-refractivity contribution < 1.29 is 14.3 Å². The van der Waals surface area contributed by atoms with Crippen molar-refractivity contribution >= 4 is 17.8 Å². The minimum Gasteiger partial charge on any atom is -0.444 e. The van der Waals surface area contributed by atoms with Crippen LogP contribution in [0.3, 0.4) is 0 Å². The normalized spacial score (nSPS) is 21.8. The Morgan fingerprint density at radius 3 is 2.46 bits per heavy atom. The highest BCUT2D eigenvalue weighted by molar-refractivity contribution is 5.89. The Kier molecular flexibility index (Phi) is 5.16. The summed E-state index contributed by atoms with van der Waals surface area (Å²) in [5, 5.41) is 0. The van der Waals surface area contributed by atoms with Gasteiger partial charge in [0.1, 0.15) is 6.10 Å². The molecule has 3 rings (SSSR count). The molecule has 0 radical (unpaired) electrons. The first-order valence-electron chi connectivity index (χ1n) is 9.33. The Hall–Kier alpha value is -2.18. The molecule has 26 heavy (non-hydrogen) atoms. The number of anilines is 1. The highest BCUT2D eigenvalue weighted by atomic mass is 16.6. The Labute approximate surface area is 154 Å². The summed E-state index contributed by atoms with van der Waals surface area (Å²) in [4.78, 5) is 36.9. The lowest BCUT2D eigenvalue weighted by Gasteiger charge is -2.35. The molecule has 7 heteroatoms. The standard InChI is InChI=1S/C19H28N4O3/c1-13-12-23(18(25)26-13)16-15(20-7-8-21-16)11-14-5-9-22(10-6-14)17(24)19(2,3)4/h7-8,13-14H,5-6,9-12H2,1-4H3. The van der Waals surface area contributed by atoms with Crippen LogP contribution in [0.15, 0.2) is 12.4 Å². The molecule has 0 bridgehead atoms. The van der Waals surface area contributed by atoms with Gasteiger partial charge in [-0.3, -0.25) is 14.7 Å². The average molecular weight is 360 g/mol. The number of rotatable bonds is 3. The van der Waals surface area contributed by atoms with Gasteiger partial charge in [0.05, 0.1) is 12.2 Å². The molecule has 0 saturated carbocycles. The summed E-state index contributed by atoms with van der Waals surface area (Å²) in [6.45, 7) is 9.81. The smallest absolute Gasteiger partial charge is 0.415 e. The first kappa shape index (κ1) is 18.6. The van der Waals surface area contributed by atoms with Crippen molar-refractivity contribution in [2.45, 2.75) is 53.1 Å². The lowest BCUT2D eigenvalue weighted by atomic mass is 9.89. The van der Waals surface area contributed by atoms with Crippen LogP contribution in [0.25, 0.3) is 0 Å². The Morgan fingerprint density at radius 1 is 1.23 bits per heavy atom. The van der Waals surface area contributed by atoms with E-state index in [-0.39, 0.29) is 23.5 Å². The van der Waals surface area contributed by atoms with Crippen molar-refractivity contribution in [3.05, 3.63) is 18.1 Å². The number of piperidine rings is 1. The van der Waals surface area contributed by atoms with E-state index in [1.165, 1.54) is 0 Å². The van der Waals surface area contributed by atoms with Crippen LogP contribution < -0.4 is 4.90 Å². The summed E-state index contributed by atoms with van der Waals surface area (Å²) in [5.74, 6) is 1.26. The molecule has 0 N–H and O–H groups in total. The van der Waals surface area contributed by atoms with E-state index in [1.54, 1.807) is 17.3 Å². The third kappa shape index (κ3) is 3.97. The third-order valence-electron chi connectivity index (χ3n) is 5.00. The summed E-state index contributed by atoms with van der Waals surface area (Å²) in [6, 6.07) is 0. The van der Waals surface area contributed by atoms with Gasteiger partial charge in [0, 0.05) is 30.9 Å². The molecule has 1 atom stereocenters. The Morgan fingerprint density at radius 2 is 1.88 bits per heavy atom. The lowest BCUT2D eigenvalue weighted by molar-refractivity contribution is -0.140. The highest BCUT2D eigenvalue weighted by Crippen LogP contribution is 2.29. The summed E-state index contributed by atoms with van der Waals surface area (Å²) < 4.78 is 5.22. The van der Waals surface area contributed by atoms with E-state index in [0.717, 1.165) is 38.0 Å². The molecule has 142 valence electrons. The number of carbonyl (C=O) groups is 2. The van der Waals surface area contributed by atoms with Crippen molar-refractivity contribution in [3.63, 3.8) is 0 Å². The first-order valence-corrected chi connectivity index (χ1v) is 9.33. The fraction of sp³-hybridized carbons (Fsp3) is 0.684. The van der Waals surface area contributed by atoms with Gasteiger partial charge in [0.25, 0.3) is 0 Å². The SMILES string of the molecule is CC1CN(c2nccnc2CC2CCN(C(=O)C(C)(C)C)CC2)C(=O)O1. The van der Waals surface area contributed by atoms with Crippen LogP contribution >= 0.6 is 0 Å². The molecule has 2 aliphatic rings. The van der Waals surface area contributed by atoms with Gasteiger partial charge in [-0.25, -0.2) is 9.78 Å². The number of aromatic nitrogens is 2. The van der Waals surface area contributed by atoms with Gasteiger partial charge in [0.15, 0.2) is 5.82 Å². The van der Waals surface area contributed by atoms with Gasteiger partial charge in [0.2, 0.25) is 5.91 Å². The predicted octanol–water partition coefficient (Wildman–Crippen LogP) is 2.65. The number of amides is 2. The van der Waals surface area contributed by atoms with E-state index in [4.69, 9.17) is 4.74 Å². The fourth-order valence-corrected chi connectivity index (χ4v) is 3.59. The van der Waals surface area contributed by atoms with Gasteiger partial charge in [-0.2, -0.15) is 0 Å². The van der Waals surface area contributed by atoms with E-state index in [0.29, 0.717) is 18.3 Å². The van der Waals surface area contributed by atoms with Crippen molar-refractivity contribution in [2.75, 3.05) is 24.5 Å². The number of hydrogen-bond donors (Lipinski definition) is 0. The van der Waals surface area contributed by atoms with Gasteiger partial charge in [-0.05, 0) is 32.1 Å². The predicted molar refractivity (Wildman–Crippen MR) is 97.8 cm³/mol. The van der Waals surface area contributed by atoms with Crippen LogP contribution in [-0.4, -0.2) is 52.6 Å². The van der Waals surface area contributed by atoms with Gasteiger partial charge >= 0.3 is 6.09 Å². The molecule has 1 aromatic heterocycles. The summed E-state index contributed by atoms with van der Waals surface area (Å²) in [7, 11) is 0. The molecule has 2 amide bonds. The van der Waals surface area contributed by atoms with Crippen LogP contribution in [0, 0.1) is 11.3 Å². The van der Waals surface area contributed by atoms with Gasteiger partial charge < -0.3 is 9.64 Å². The van der Waals surface area contributed by atoms with Crippen molar-refractivity contribution in [2.24, 2.45) is 11.3 Å². The van der Waals surface area contributed by atoms with Gasteiger partial charge in [-0.15, -0.1) is 0 Å². The molecule has 7 nitrogen and oxygen atoms in total. The summed E-state index contributed by atoms with van der Waals surface area (Å²) in [6.07, 6.45) is 5.44. The second kappa shape index (κ2) is 7.21. The topological polar surface area (TPSA) is 75.6 Å². The second-order valence-corrected chi connectivity index (χ2v) is 8.32. The monoisotopic (exact) mass is 360 g/mol. The largest absolute Gasteiger partial charge is 0.444 e. The van der Waals surface area contributed by atoms with Crippen molar-refractivity contribution in [1.29, 1.82) is 0 Å². The van der Waals surface area contributed by atoms with E-state index in [9.17, 15) is 9.59 Å². The van der Waals surface area contributed by atoms with Crippen molar-refractivity contribution in [1.82, 2.24) is 14.9 Å². The maximum absolute atomic E-state index is 12.4. The van der Waals surface area contributed by atoms with E-state index >= 15 is 0 Å². The van der Waals surface area contributed by atoms with Crippen LogP contribution in [0.5, 0.6) is 0 Å². The molecule has 0 aromatic carbocycles. The molecule has 2 fully saturated rings. The van der Waals surface area contributed by atoms with Crippen LogP contribution in [-0.2, 0) is 16.0 Å². The van der Waals surface area contributed by atoms with E-state index in [2.05, 4.69) is 9.97 Å². The zero-order valence-electron chi connectivity index (χ0n) is 16.1. The number of hydrogen-bond acceptors (Lipinski definition) is 5. The molecule has 2 aliphatic heterocycles. The molecule has 1 aromatic rings. The van der Waals surface area contributed by atoms with E-state index < -0.39 is 0 Å². The minimum absolute atomic E-state index is 0.135. The Bertz CT molecular complexity index is 678. The van der Waals surface area contributed by atoms with Crippen molar-refractivity contribution in [3.8, 4) is 0 Å². The quantitative estimate of drug-likeness (QED) is 0.828. The van der Waals surface area contributed by atoms with E-state index in [1.807, 2.05) is 32.6 Å². The number of carbonyl (C=O) groups excluding carboxylic acids is 2. The van der Waals surface area contributed by atoms with Crippen LogP contribution in [0.1, 0.15) is 46.2 Å². The number of nitrogens with zero attached hydrogens (tertiary/aromatic N) is 4. The molecule has 0 spiro atoms. The Balaban J connectivity index is 1.64. The second-order valence-electron chi connectivity index (χ2n) is 8.32. The third-order valence-corrected chi connectivity index (χ3v) is 5.00. The molecule has 2 saturated heterocycles. The van der Waals surface area contributed by atoms with Crippen LogP contribution in [0.4, 0.5) is 10.6 Å². The average Bonchev–Trinajstić information content (AvgIpc) is 2.93.